The molecule has 0 unspecified atom stereocenters. The Morgan fingerprint density at radius 1 is 1.00 bits per heavy atom. The quantitative estimate of drug-likeness (QED) is 0.744. The van der Waals surface area contributed by atoms with Crippen molar-refractivity contribution >= 4 is 5.91 Å². The molecule has 0 saturated heterocycles. The van der Waals surface area contributed by atoms with Crippen LogP contribution in [0.5, 0.6) is 11.5 Å². The number of amides is 1. The predicted molar refractivity (Wildman–Crippen MR) is 105 cm³/mol. The molecule has 0 saturated carbocycles. The highest BCUT2D eigenvalue weighted by Gasteiger charge is 2.21. The number of ether oxygens (including phenoxy) is 2. The lowest BCUT2D eigenvalue weighted by molar-refractivity contribution is -0.128. The summed E-state index contributed by atoms with van der Waals surface area (Å²) in [5.41, 5.74) is 3.39. The normalized spacial score (nSPS) is 13.0. The molecule has 0 aliphatic heterocycles. The van der Waals surface area contributed by atoms with Crippen molar-refractivity contribution in [3.63, 3.8) is 0 Å². The largest absolute Gasteiger partial charge is 0.494 e. The summed E-state index contributed by atoms with van der Waals surface area (Å²) in [6, 6.07) is 13.6. The van der Waals surface area contributed by atoms with Gasteiger partial charge in [-0.1, -0.05) is 25.1 Å². The van der Waals surface area contributed by atoms with Crippen LogP contribution >= 0.6 is 0 Å². The van der Waals surface area contributed by atoms with Crippen LogP contribution < -0.4 is 14.8 Å². The Morgan fingerprint density at radius 3 is 2.23 bits per heavy atom. The third-order valence-electron chi connectivity index (χ3n) is 4.47. The molecule has 0 aliphatic carbocycles. The van der Waals surface area contributed by atoms with Gasteiger partial charge in [0.1, 0.15) is 11.5 Å². The summed E-state index contributed by atoms with van der Waals surface area (Å²) in [5, 5.41) is 3.04. The van der Waals surface area contributed by atoms with E-state index in [4.69, 9.17) is 9.47 Å². The minimum Gasteiger partial charge on any atom is -0.494 e. The second kappa shape index (κ2) is 9.27. The zero-order valence-electron chi connectivity index (χ0n) is 16.3. The molecule has 0 aliphatic rings. The molecule has 0 spiro atoms. The van der Waals surface area contributed by atoms with Crippen molar-refractivity contribution in [2.75, 3.05) is 6.61 Å². The number of hydrogen-bond acceptors (Lipinski definition) is 3. The maximum absolute atomic E-state index is 12.6. The van der Waals surface area contributed by atoms with E-state index in [0.29, 0.717) is 13.0 Å². The Hall–Kier alpha value is -2.49. The average molecular weight is 355 g/mol. The second-order valence-corrected chi connectivity index (χ2v) is 6.49. The summed E-state index contributed by atoms with van der Waals surface area (Å²) in [5.74, 6) is 1.45. The number of aryl methyl sites for hydroxylation is 2. The molecule has 26 heavy (non-hydrogen) atoms. The minimum atomic E-state index is -0.512. The summed E-state index contributed by atoms with van der Waals surface area (Å²) in [6.07, 6.45) is 0.0941. The van der Waals surface area contributed by atoms with Gasteiger partial charge in [-0.3, -0.25) is 4.79 Å². The molecular formula is C22H29NO3. The summed E-state index contributed by atoms with van der Waals surface area (Å²) < 4.78 is 11.4. The highest BCUT2D eigenvalue weighted by molar-refractivity contribution is 5.81. The van der Waals surface area contributed by atoms with E-state index in [0.717, 1.165) is 22.6 Å². The maximum Gasteiger partial charge on any atom is 0.261 e. The van der Waals surface area contributed by atoms with Crippen LogP contribution in [0.1, 0.15) is 49.9 Å². The molecule has 0 fully saturated rings. The van der Waals surface area contributed by atoms with Crippen molar-refractivity contribution in [1.29, 1.82) is 0 Å². The van der Waals surface area contributed by atoms with Gasteiger partial charge in [-0.25, -0.2) is 0 Å². The molecule has 2 aromatic rings. The third kappa shape index (κ3) is 5.25. The molecule has 0 heterocycles. The van der Waals surface area contributed by atoms with E-state index in [9.17, 15) is 4.79 Å². The van der Waals surface area contributed by atoms with E-state index in [1.54, 1.807) is 0 Å². The van der Waals surface area contributed by atoms with Crippen molar-refractivity contribution in [3.8, 4) is 11.5 Å². The maximum atomic E-state index is 12.6. The van der Waals surface area contributed by atoms with E-state index in [1.807, 2.05) is 70.2 Å². The molecule has 0 aromatic heterocycles. The van der Waals surface area contributed by atoms with E-state index in [1.165, 1.54) is 5.56 Å². The third-order valence-corrected chi connectivity index (χ3v) is 4.47. The topological polar surface area (TPSA) is 47.6 Å². The Labute approximate surface area is 156 Å². The summed E-state index contributed by atoms with van der Waals surface area (Å²) >= 11 is 0. The van der Waals surface area contributed by atoms with Crippen LogP contribution in [0, 0.1) is 13.8 Å². The lowest BCUT2D eigenvalue weighted by Crippen LogP contribution is -2.39. The first kappa shape index (κ1) is 19.8. The van der Waals surface area contributed by atoms with E-state index < -0.39 is 6.10 Å². The first-order chi connectivity index (χ1) is 12.4. The van der Waals surface area contributed by atoms with Crippen molar-refractivity contribution < 1.29 is 14.3 Å². The van der Waals surface area contributed by atoms with Gasteiger partial charge in [0, 0.05) is 0 Å². The predicted octanol–water partition coefficient (Wildman–Crippen LogP) is 4.74. The fourth-order valence-electron chi connectivity index (χ4n) is 2.68. The summed E-state index contributed by atoms with van der Waals surface area (Å²) in [4.78, 5) is 12.6. The first-order valence-corrected chi connectivity index (χ1v) is 9.21. The molecule has 1 amide bonds. The van der Waals surface area contributed by atoms with Crippen LogP contribution in [0.15, 0.2) is 42.5 Å². The molecule has 2 rings (SSSR count). The lowest BCUT2D eigenvalue weighted by Gasteiger charge is -2.21. The van der Waals surface area contributed by atoms with Crippen molar-refractivity contribution in [2.45, 2.75) is 53.2 Å². The number of carbonyl (C=O) groups excluding carboxylic acids is 1. The molecule has 4 nitrogen and oxygen atoms in total. The molecule has 2 atom stereocenters. The zero-order valence-corrected chi connectivity index (χ0v) is 16.3. The van der Waals surface area contributed by atoms with Gasteiger partial charge in [0.2, 0.25) is 0 Å². The minimum absolute atomic E-state index is 0.101. The van der Waals surface area contributed by atoms with Crippen molar-refractivity contribution in [1.82, 2.24) is 5.32 Å². The van der Waals surface area contributed by atoms with Gasteiger partial charge in [0.15, 0.2) is 6.10 Å². The number of carbonyl (C=O) groups is 1. The highest BCUT2D eigenvalue weighted by atomic mass is 16.5. The van der Waals surface area contributed by atoms with Gasteiger partial charge in [0.25, 0.3) is 5.91 Å². The lowest BCUT2D eigenvalue weighted by atomic mass is 10.1. The van der Waals surface area contributed by atoms with Gasteiger partial charge in [0.05, 0.1) is 12.6 Å². The highest BCUT2D eigenvalue weighted by Crippen LogP contribution is 2.20. The Bertz CT molecular complexity index is 725. The molecule has 4 heteroatoms. The van der Waals surface area contributed by atoms with E-state index in [2.05, 4.69) is 12.2 Å². The van der Waals surface area contributed by atoms with Gasteiger partial charge in [-0.05, 0) is 75.1 Å². The molecule has 1 N–H and O–H groups in total. The van der Waals surface area contributed by atoms with Crippen molar-refractivity contribution in [2.24, 2.45) is 0 Å². The number of rotatable bonds is 8. The first-order valence-electron chi connectivity index (χ1n) is 9.21. The fraction of sp³-hybridized carbons (Fsp3) is 0.409. The van der Waals surface area contributed by atoms with Crippen LogP contribution in [0.25, 0.3) is 0 Å². The van der Waals surface area contributed by atoms with Crippen LogP contribution in [0.4, 0.5) is 0 Å². The van der Waals surface area contributed by atoms with Crippen LogP contribution in [-0.2, 0) is 4.79 Å². The molecule has 140 valence electrons. The molecule has 0 radical (unpaired) electrons. The van der Waals surface area contributed by atoms with Gasteiger partial charge < -0.3 is 14.8 Å². The fourth-order valence-corrected chi connectivity index (χ4v) is 2.68. The Balaban J connectivity index is 1.99. The number of hydrogen-bond donors (Lipinski definition) is 1. The Kier molecular flexibility index (Phi) is 7.07. The Morgan fingerprint density at radius 2 is 1.65 bits per heavy atom. The van der Waals surface area contributed by atoms with E-state index >= 15 is 0 Å². The molecular weight excluding hydrogens is 326 g/mol. The SMILES string of the molecule is CCOc1ccc([C@@H](C)NC(=O)[C@H](CC)Oc2ccc(C)c(C)c2)cc1. The van der Waals surface area contributed by atoms with Gasteiger partial charge in [-0.2, -0.15) is 0 Å². The summed E-state index contributed by atoms with van der Waals surface area (Å²) in [6.45, 7) is 10.6. The summed E-state index contributed by atoms with van der Waals surface area (Å²) in [7, 11) is 0. The van der Waals surface area contributed by atoms with E-state index in [-0.39, 0.29) is 11.9 Å². The standard InChI is InChI=1S/C22H29NO3/c1-6-21(26-20-11-8-15(3)16(4)14-20)22(24)23-17(5)18-9-12-19(13-10-18)25-7-2/h8-14,17,21H,6-7H2,1-5H3,(H,23,24)/t17-,21+/m1/s1. The number of nitrogens with one attached hydrogen (secondary N) is 1. The molecule has 0 bridgehead atoms. The van der Waals surface area contributed by atoms with Crippen molar-refractivity contribution in [3.05, 3.63) is 59.2 Å². The van der Waals surface area contributed by atoms with Crippen LogP contribution in [-0.4, -0.2) is 18.6 Å². The van der Waals surface area contributed by atoms with Crippen LogP contribution in [0.2, 0.25) is 0 Å². The second-order valence-electron chi connectivity index (χ2n) is 6.49. The zero-order chi connectivity index (χ0) is 19.1. The molecule has 2 aromatic carbocycles. The average Bonchev–Trinajstić information content (AvgIpc) is 2.63. The van der Waals surface area contributed by atoms with Crippen LogP contribution in [0.3, 0.4) is 0 Å². The van der Waals surface area contributed by atoms with Gasteiger partial charge in [-0.15, -0.1) is 0 Å². The van der Waals surface area contributed by atoms with Gasteiger partial charge >= 0.3 is 0 Å². The number of benzene rings is 2. The smallest absolute Gasteiger partial charge is 0.261 e. The monoisotopic (exact) mass is 355 g/mol.